The lowest BCUT2D eigenvalue weighted by Crippen LogP contribution is -2.17. The first-order valence-electron chi connectivity index (χ1n) is 6.93. The van der Waals surface area contributed by atoms with Crippen LogP contribution in [-0.2, 0) is 0 Å². The van der Waals surface area contributed by atoms with Crippen molar-refractivity contribution in [3.8, 4) is 5.75 Å². The van der Waals surface area contributed by atoms with E-state index < -0.39 is 0 Å². The number of nitrogens with one attached hydrogen (secondary N) is 1. The van der Waals surface area contributed by atoms with Gasteiger partial charge in [0.25, 0.3) is 0 Å². The van der Waals surface area contributed by atoms with E-state index in [1.165, 1.54) is 0 Å². The second-order valence-corrected chi connectivity index (χ2v) is 6.27. The van der Waals surface area contributed by atoms with E-state index in [9.17, 15) is 5.11 Å². The van der Waals surface area contributed by atoms with Crippen LogP contribution in [0.25, 0.3) is 0 Å². The standard InChI is InChI=1S/C14H15N3O3S/c18-8-5-9(15-6-8)14-16-13(17-20-14)11-7-21-12-4-2-1-3-10(12)19-11/h1-4,8-9,11,15,18H,5-7H2/t8?,9-,11?/m0/s1. The quantitative estimate of drug-likeness (QED) is 0.874. The zero-order valence-electron chi connectivity index (χ0n) is 11.2. The minimum Gasteiger partial charge on any atom is -0.480 e. The van der Waals surface area contributed by atoms with E-state index in [4.69, 9.17) is 9.26 Å². The van der Waals surface area contributed by atoms with Gasteiger partial charge in [0.15, 0.2) is 6.10 Å². The van der Waals surface area contributed by atoms with Gasteiger partial charge in [-0.25, -0.2) is 0 Å². The molecule has 1 aromatic heterocycles. The van der Waals surface area contributed by atoms with Crippen molar-refractivity contribution in [2.45, 2.75) is 29.6 Å². The first kappa shape index (κ1) is 13.1. The molecule has 0 aliphatic carbocycles. The van der Waals surface area contributed by atoms with Crippen LogP contribution in [0.2, 0.25) is 0 Å². The Hall–Kier alpha value is -1.57. The summed E-state index contributed by atoms with van der Waals surface area (Å²) in [7, 11) is 0. The van der Waals surface area contributed by atoms with Crippen LogP contribution in [-0.4, -0.2) is 33.6 Å². The molecule has 2 N–H and O–H groups in total. The van der Waals surface area contributed by atoms with Crippen LogP contribution < -0.4 is 10.1 Å². The molecule has 3 heterocycles. The second-order valence-electron chi connectivity index (χ2n) is 5.21. The van der Waals surface area contributed by atoms with Gasteiger partial charge in [0.1, 0.15) is 5.75 Å². The summed E-state index contributed by atoms with van der Waals surface area (Å²) in [6, 6.07) is 7.88. The highest BCUT2D eigenvalue weighted by Crippen LogP contribution is 2.39. The van der Waals surface area contributed by atoms with Gasteiger partial charge >= 0.3 is 0 Å². The molecule has 0 radical (unpaired) electrons. The predicted molar refractivity (Wildman–Crippen MR) is 76.2 cm³/mol. The highest BCUT2D eigenvalue weighted by Gasteiger charge is 2.31. The van der Waals surface area contributed by atoms with Crippen molar-refractivity contribution in [3.63, 3.8) is 0 Å². The van der Waals surface area contributed by atoms with Crippen LogP contribution in [0.5, 0.6) is 5.75 Å². The average molecular weight is 305 g/mol. The summed E-state index contributed by atoms with van der Waals surface area (Å²) in [6.45, 7) is 0.561. The van der Waals surface area contributed by atoms with Crippen LogP contribution in [0, 0.1) is 0 Å². The van der Waals surface area contributed by atoms with E-state index >= 15 is 0 Å². The molecule has 1 fully saturated rings. The number of hydrogen-bond acceptors (Lipinski definition) is 7. The van der Waals surface area contributed by atoms with Crippen molar-refractivity contribution in [1.82, 2.24) is 15.5 Å². The fourth-order valence-corrected chi connectivity index (χ4v) is 3.55. The zero-order valence-corrected chi connectivity index (χ0v) is 12.0. The second kappa shape index (κ2) is 5.32. The van der Waals surface area contributed by atoms with E-state index in [1.807, 2.05) is 24.3 Å². The molecule has 0 spiro atoms. The van der Waals surface area contributed by atoms with Gasteiger partial charge in [-0.15, -0.1) is 11.8 Å². The third-order valence-electron chi connectivity index (χ3n) is 3.66. The third kappa shape index (κ3) is 2.52. The van der Waals surface area contributed by atoms with Crippen LogP contribution in [0.4, 0.5) is 0 Å². The molecule has 2 unspecified atom stereocenters. The summed E-state index contributed by atoms with van der Waals surface area (Å²) in [5.74, 6) is 2.71. The molecular weight excluding hydrogens is 290 g/mol. The summed E-state index contributed by atoms with van der Waals surface area (Å²) in [4.78, 5) is 5.57. The Kier molecular flexibility index (Phi) is 3.33. The summed E-state index contributed by atoms with van der Waals surface area (Å²) < 4.78 is 11.3. The third-order valence-corrected chi connectivity index (χ3v) is 4.78. The van der Waals surface area contributed by atoms with Gasteiger partial charge in [-0.2, -0.15) is 4.98 Å². The monoisotopic (exact) mass is 305 g/mol. The first-order valence-corrected chi connectivity index (χ1v) is 7.91. The number of aliphatic hydroxyl groups is 1. The van der Waals surface area contributed by atoms with Crippen molar-refractivity contribution in [1.29, 1.82) is 0 Å². The molecule has 21 heavy (non-hydrogen) atoms. The Labute approximate surface area is 125 Å². The number of benzene rings is 1. The topological polar surface area (TPSA) is 80.4 Å². The van der Waals surface area contributed by atoms with Gasteiger partial charge < -0.3 is 19.7 Å². The number of rotatable bonds is 2. The fourth-order valence-electron chi connectivity index (χ4n) is 2.57. The fraction of sp³-hybridized carbons (Fsp3) is 0.429. The molecule has 6 nitrogen and oxygen atoms in total. The minimum absolute atomic E-state index is 0.0650. The summed E-state index contributed by atoms with van der Waals surface area (Å²) in [5.41, 5.74) is 0. The van der Waals surface area contributed by atoms with Gasteiger partial charge in [0, 0.05) is 17.2 Å². The van der Waals surface area contributed by atoms with Gasteiger partial charge in [0.05, 0.1) is 12.1 Å². The number of nitrogens with zero attached hydrogens (tertiary/aromatic N) is 2. The van der Waals surface area contributed by atoms with E-state index in [-0.39, 0.29) is 18.2 Å². The summed E-state index contributed by atoms with van der Waals surface area (Å²) >= 11 is 1.73. The Bertz CT molecular complexity index is 648. The number of para-hydroxylation sites is 1. The molecule has 2 aliphatic rings. The predicted octanol–water partition coefficient (Wildman–Crippen LogP) is 1.69. The normalized spacial score (nSPS) is 28.1. The number of β-amino-alcohol motifs (C(OH)–C–C–N with tert-alkyl or cyclic N) is 1. The van der Waals surface area contributed by atoms with Crippen LogP contribution in [0.1, 0.15) is 30.3 Å². The molecular formula is C14H15N3O3S. The van der Waals surface area contributed by atoms with E-state index in [0.717, 1.165) is 16.4 Å². The SMILES string of the molecule is OC1CN[C@H](c2nc(C3CSc4ccccc4O3)no2)C1. The highest BCUT2D eigenvalue weighted by molar-refractivity contribution is 7.99. The van der Waals surface area contributed by atoms with Gasteiger partial charge in [-0.05, 0) is 18.6 Å². The zero-order chi connectivity index (χ0) is 14.2. The van der Waals surface area contributed by atoms with Crippen LogP contribution in [0.15, 0.2) is 33.7 Å². The molecule has 1 saturated heterocycles. The number of aliphatic hydroxyl groups excluding tert-OH is 1. The van der Waals surface area contributed by atoms with Crippen LogP contribution >= 0.6 is 11.8 Å². The molecule has 0 saturated carbocycles. The van der Waals surface area contributed by atoms with Gasteiger partial charge in [0.2, 0.25) is 11.7 Å². The molecule has 110 valence electrons. The molecule has 4 rings (SSSR count). The lowest BCUT2D eigenvalue weighted by molar-refractivity contribution is 0.190. The molecule has 1 aromatic carbocycles. The lowest BCUT2D eigenvalue weighted by Gasteiger charge is -2.22. The molecule has 0 amide bonds. The number of thioether (sulfide) groups is 1. The Morgan fingerprint density at radius 2 is 2.24 bits per heavy atom. The maximum Gasteiger partial charge on any atom is 0.244 e. The number of fused-ring (bicyclic) bond motifs is 1. The molecule has 0 bridgehead atoms. The first-order chi connectivity index (χ1) is 10.3. The number of aromatic nitrogens is 2. The maximum atomic E-state index is 9.55. The Morgan fingerprint density at radius 1 is 1.33 bits per heavy atom. The lowest BCUT2D eigenvalue weighted by atomic mass is 10.2. The highest BCUT2D eigenvalue weighted by atomic mass is 32.2. The Balaban J connectivity index is 1.52. The molecule has 2 aromatic rings. The maximum absolute atomic E-state index is 9.55. The van der Waals surface area contributed by atoms with Gasteiger partial charge in [-0.1, -0.05) is 17.3 Å². The largest absolute Gasteiger partial charge is 0.480 e. The summed E-state index contributed by atoms with van der Waals surface area (Å²) in [5, 5.41) is 16.7. The molecule has 3 atom stereocenters. The van der Waals surface area contributed by atoms with Gasteiger partial charge in [-0.3, -0.25) is 0 Å². The minimum atomic E-state index is -0.348. The van der Waals surface area contributed by atoms with Crippen molar-refractivity contribution < 1.29 is 14.4 Å². The van der Waals surface area contributed by atoms with E-state index in [1.54, 1.807) is 11.8 Å². The average Bonchev–Trinajstić information content (AvgIpc) is 3.15. The smallest absolute Gasteiger partial charge is 0.244 e. The van der Waals surface area contributed by atoms with E-state index in [0.29, 0.717) is 24.7 Å². The van der Waals surface area contributed by atoms with Crippen molar-refractivity contribution >= 4 is 11.8 Å². The molecule has 7 heteroatoms. The van der Waals surface area contributed by atoms with Crippen molar-refractivity contribution in [2.75, 3.05) is 12.3 Å². The molecule has 2 aliphatic heterocycles. The van der Waals surface area contributed by atoms with Crippen LogP contribution in [0.3, 0.4) is 0 Å². The summed E-state index contributed by atoms with van der Waals surface area (Å²) in [6.07, 6.45) is 0.0533. The number of hydrogen-bond donors (Lipinski definition) is 2. The Morgan fingerprint density at radius 3 is 3.10 bits per heavy atom. The van der Waals surface area contributed by atoms with E-state index in [2.05, 4.69) is 15.5 Å². The number of ether oxygens (including phenoxy) is 1. The van der Waals surface area contributed by atoms with Crippen molar-refractivity contribution in [3.05, 3.63) is 36.0 Å². The van der Waals surface area contributed by atoms with Crippen molar-refractivity contribution in [2.24, 2.45) is 0 Å².